The number of halogens is 2. The quantitative estimate of drug-likeness (QED) is 0.640. The third kappa shape index (κ3) is 4.82. The molecule has 0 spiro atoms. The van der Waals surface area contributed by atoms with Crippen molar-refractivity contribution in [1.82, 2.24) is 14.9 Å². The van der Waals surface area contributed by atoms with Crippen molar-refractivity contribution in [2.75, 3.05) is 36.4 Å². The highest BCUT2D eigenvalue weighted by atomic mass is 32.1. The summed E-state index contributed by atoms with van der Waals surface area (Å²) in [5.74, 6) is 0.880. The van der Waals surface area contributed by atoms with Gasteiger partial charge in [0.1, 0.15) is 17.3 Å². The van der Waals surface area contributed by atoms with Crippen LogP contribution in [0.2, 0.25) is 0 Å². The summed E-state index contributed by atoms with van der Waals surface area (Å²) in [6.45, 7) is -0.235. The fourth-order valence-electron chi connectivity index (χ4n) is 3.11. The molecule has 0 saturated carbocycles. The number of thiazole rings is 1. The number of amides is 1. The van der Waals surface area contributed by atoms with Gasteiger partial charge in [-0.25, -0.2) is 9.97 Å². The summed E-state index contributed by atoms with van der Waals surface area (Å²) >= 11 is 1.31. The van der Waals surface area contributed by atoms with Crippen molar-refractivity contribution in [1.29, 1.82) is 0 Å². The molecule has 1 saturated heterocycles. The molecule has 10 heteroatoms. The number of aromatic nitrogens is 2. The molecule has 0 bridgehead atoms. The van der Waals surface area contributed by atoms with Gasteiger partial charge in [0.2, 0.25) is 0 Å². The van der Waals surface area contributed by atoms with Crippen LogP contribution in [0.1, 0.15) is 10.5 Å². The standard InChI is InChI=1S/C20H19F2N5O2S/c21-19(22)29-15-6-4-14(5-7-15)24-20-25-16(13-30-20)18(28)27-11-9-26(10-12-27)17-3-1-2-8-23-17/h1-8,13,19H,9-12H2,(H,24,25). The zero-order chi connectivity index (χ0) is 20.9. The van der Waals surface area contributed by atoms with Gasteiger partial charge in [0.25, 0.3) is 5.91 Å². The number of nitrogens with one attached hydrogen (secondary N) is 1. The maximum absolute atomic E-state index is 12.8. The Morgan fingerprint density at radius 3 is 2.53 bits per heavy atom. The predicted molar refractivity (Wildman–Crippen MR) is 111 cm³/mol. The first-order chi connectivity index (χ1) is 14.6. The van der Waals surface area contributed by atoms with Crippen LogP contribution in [0.4, 0.5) is 25.4 Å². The molecule has 1 amide bonds. The van der Waals surface area contributed by atoms with E-state index in [9.17, 15) is 13.6 Å². The number of pyridine rings is 1. The molecule has 2 aromatic heterocycles. The summed E-state index contributed by atoms with van der Waals surface area (Å²) in [4.78, 5) is 25.4. The third-order valence-corrected chi connectivity index (χ3v) is 5.35. The molecule has 0 radical (unpaired) electrons. The summed E-state index contributed by atoms with van der Waals surface area (Å²) in [6, 6.07) is 11.9. The molecule has 156 valence electrons. The average Bonchev–Trinajstić information content (AvgIpc) is 3.23. The number of benzene rings is 1. The molecule has 0 aliphatic carbocycles. The first-order valence-electron chi connectivity index (χ1n) is 9.31. The Bertz CT molecular complexity index is 976. The second-order valence-corrected chi connectivity index (χ2v) is 7.39. The first kappa shape index (κ1) is 20.0. The normalized spacial score (nSPS) is 14.1. The predicted octanol–water partition coefficient (Wildman–Crippen LogP) is 3.85. The largest absolute Gasteiger partial charge is 0.435 e. The Morgan fingerprint density at radius 2 is 1.87 bits per heavy atom. The van der Waals surface area contributed by atoms with Gasteiger partial charge >= 0.3 is 6.61 Å². The van der Waals surface area contributed by atoms with E-state index in [4.69, 9.17) is 0 Å². The molecule has 30 heavy (non-hydrogen) atoms. The Kier molecular flexibility index (Phi) is 6.03. The van der Waals surface area contributed by atoms with E-state index >= 15 is 0 Å². The lowest BCUT2D eigenvalue weighted by atomic mass is 10.3. The number of ether oxygens (including phenoxy) is 1. The summed E-state index contributed by atoms with van der Waals surface area (Å²) < 4.78 is 28.8. The number of piperazine rings is 1. The molecule has 0 unspecified atom stereocenters. The number of carbonyl (C=O) groups excluding carboxylic acids is 1. The van der Waals surface area contributed by atoms with Crippen molar-refractivity contribution in [3.05, 3.63) is 59.7 Å². The van der Waals surface area contributed by atoms with Gasteiger partial charge in [-0.15, -0.1) is 11.3 Å². The topological polar surface area (TPSA) is 70.6 Å². The minimum Gasteiger partial charge on any atom is -0.435 e. The Balaban J connectivity index is 1.33. The highest BCUT2D eigenvalue weighted by Gasteiger charge is 2.24. The van der Waals surface area contributed by atoms with Crippen LogP contribution in [-0.4, -0.2) is 53.6 Å². The summed E-state index contributed by atoms with van der Waals surface area (Å²) in [6.07, 6.45) is 1.76. The van der Waals surface area contributed by atoms with E-state index in [1.54, 1.807) is 28.6 Å². The number of hydrogen-bond donors (Lipinski definition) is 1. The minimum absolute atomic E-state index is 0.0791. The van der Waals surface area contributed by atoms with E-state index in [1.165, 1.54) is 23.5 Å². The molecule has 7 nitrogen and oxygen atoms in total. The molecule has 1 aromatic carbocycles. The van der Waals surface area contributed by atoms with Crippen LogP contribution in [0.25, 0.3) is 0 Å². The van der Waals surface area contributed by atoms with Crippen LogP contribution >= 0.6 is 11.3 Å². The molecular weight excluding hydrogens is 412 g/mol. The zero-order valence-electron chi connectivity index (χ0n) is 15.9. The Labute approximate surface area is 175 Å². The number of hydrogen-bond acceptors (Lipinski definition) is 7. The van der Waals surface area contributed by atoms with Gasteiger partial charge in [-0.2, -0.15) is 8.78 Å². The van der Waals surface area contributed by atoms with Crippen LogP contribution in [-0.2, 0) is 0 Å². The van der Waals surface area contributed by atoms with Gasteiger partial charge in [0.15, 0.2) is 5.13 Å². The fourth-order valence-corrected chi connectivity index (χ4v) is 3.82. The van der Waals surface area contributed by atoms with Crippen molar-refractivity contribution < 1.29 is 18.3 Å². The fraction of sp³-hybridized carbons (Fsp3) is 0.250. The van der Waals surface area contributed by atoms with Crippen LogP contribution in [0.3, 0.4) is 0 Å². The molecule has 1 aliphatic rings. The molecule has 3 aromatic rings. The number of alkyl halides is 2. The van der Waals surface area contributed by atoms with Gasteiger partial charge in [-0.3, -0.25) is 4.79 Å². The van der Waals surface area contributed by atoms with E-state index in [2.05, 4.69) is 24.9 Å². The van der Waals surface area contributed by atoms with Crippen LogP contribution in [0, 0.1) is 0 Å². The van der Waals surface area contributed by atoms with E-state index in [-0.39, 0.29) is 11.7 Å². The van der Waals surface area contributed by atoms with Gasteiger partial charge in [-0.1, -0.05) is 6.07 Å². The van der Waals surface area contributed by atoms with Gasteiger partial charge in [0.05, 0.1) is 0 Å². The first-order valence-corrected chi connectivity index (χ1v) is 10.2. The van der Waals surface area contributed by atoms with E-state index in [1.807, 2.05) is 18.2 Å². The second-order valence-electron chi connectivity index (χ2n) is 6.53. The lowest BCUT2D eigenvalue weighted by Gasteiger charge is -2.35. The highest BCUT2D eigenvalue weighted by Crippen LogP contribution is 2.24. The molecular formula is C20H19F2N5O2S. The maximum atomic E-state index is 12.8. The zero-order valence-corrected chi connectivity index (χ0v) is 16.7. The van der Waals surface area contributed by atoms with Crippen molar-refractivity contribution in [2.45, 2.75) is 6.61 Å². The molecule has 4 rings (SSSR count). The third-order valence-electron chi connectivity index (χ3n) is 4.59. The molecule has 0 atom stereocenters. The SMILES string of the molecule is O=C(c1csc(Nc2ccc(OC(F)F)cc2)n1)N1CCN(c2ccccn2)CC1. The number of carbonyl (C=O) groups is 1. The summed E-state index contributed by atoms with van der Waals surface area (Å²) in [5.41, 5.74) is 1.04. The molecule has 3 heterocycles. The van der Waals surface area contributed by atoms with Crippen LogP contribution in [0.15, 0.2) is 54.0 Å². The number of nitrogens with zero attached hydrogens (tertiary/aromatic N) is 4. The summed E-state index contributed by atoms with van der Waals surface area (Å²) in [7, 11) is 0. The molecule has 1 fully saturated rings. The van der Waals surface area contributed by atoms with Crippen molar-refractivity contribution in [2.24, 2.45) is 0 Å². The van der Waals surface area contributed by atoms with Gasteiger partial charge in [-0.05, 0) is 36.4 Å². The van der Waals surface area contributed by atoms with Gasteiger partial charge in [0, 0.05) is 43.4 Å². The van der Waals surface area contributed by atoms with Crippen molar-refractivity contribution >= 4 is 33.9 Å². The highest BCUT2D eigenvalue weighted by molar-refractivity contribution is 7.14. The maximum Gasteiger partial charge on any atom is 0.387 e. The van der Waals surface area contributed by atoms with E-state index in [0.29, 0.717) is 42.7 Å². The lowest BCUT2D eigenvalue weighted by Crippen LogP contribution is -2.49. The lowest BCUT2D eigenvalue weighted by molar-refractivity contribution is -0.0498. The molecule has 1 aliphatic heterocycles. The Hall–Kier alpha value is -3.27. The Morgan fingerprint density at radius 1 is 1.10 bits per heavy atom. The van der Waals surface area contributed by atoms with Gasteiger partial charge < -0.3 is 19.9 Å². The molecule has 1 N–H and O–H groups in total. The van der Waals surface area contributed by atoms with Crippen LogP contribution in [0.5, 0.6) is 5.75 Å². The van der Waals surface area contributed by atoms with E-state index < -0.39 is 6.61 Å². The number of anilines is 3. The van der Waals surface area contributed by atoms with Crippen LogP contribution < -0.4 is 15.0 Å². The van der Waals surface area contributed by atoms with Crippen molar-refractivity contribution in [3.8, 4) is 5.75 Å². The minimum atomic E-state index is -2.86. The number of rotatable bonds is 6. The second kappa shape index (κ2) is 9.04. The summed E-state index contributed by atoms with van der Waals surface area (Å²) in [5, 5.41) is 5.33. The average molecular weight is 431 g/mol. The monoisotopic (exact) mass is 431 g/mol. The van der Waals surface area contributed by atoms with Crippen molar-refractivity contribution in [3.63, 3.8) is 0 Å². The smallest absolute Gasteiger partial charge is 0.387 e. The van der Waals surface area contributed by atoms with E-state index in [0.717, 1.165) is 5.82 Å².